The number of nitrogens with one attached hydrogen (secondary N) is 1. The van der Waals surface area contributed by atoms with E-state index in [0.29, 0.717) is 19.0 Å². The monoisotopic (exact) mass is 236 g/mol. The molecule has 1 aliphatic rings. The Morgan fingerprint density at radius 1 is 1.65 bits per heavy atom. The van der Waals surface area contributed by atoms with Crippen molar-refractivity contribution in [3.63, 3.8) is 0 Å². The lowest BCUT2D eigenvalue weighted by Gasteiger charge is -2.20. The molecule has 3 N–H and O–H groups in total. The summed E-state index contributed by atoms with van der Waals surface area (Å²) in [5, 5.41) is 6.01. The minimum Gasteiger partial charge on any atom is -0.334 e. The summed E-state index contributed by atoms with van der Waals surface area (Å²) >= 11 is 0. The van der Waals surface area contributed by atoms with Gasteiger partial charge in [-0.15, -0.1) is 0 Å². The lowest BCUT2D eigenvalue weighted by molar-refractivity contribution is 0.0736. The van der Waals surface area contributed by atoms with Gasteiger partial charge in [-0.1, -0.05) is 0 Å². The van der Waals surface area contributed by atoms with E-state index in [1.165, 1.54) is 12.1 Å². The first-order valence-corrected chi connectivity index (χ1v) is 5.68. The van der Waals surface area contributed by atoms with E-state index < -0.39 is 0 Å². The van der Waals surface area contributed by atoms with Gasteiger partial charge in [0.05, 0.1) is 0 Å². The molecule has 2 rings (SSSR count). The predicted molar refractivity (Wildman–Crippen MR) is 62.5 cm³/mol. The summed E-state index contributed by atoms with van der Waals surface area (Å²) in [7, 11) is 0. The standard InChI is InChI=1S/C11H16N4O2/c1-7-4-8(5-12)6-15(7)11(17)9-2-3-10(16)14-13-9/h2-3,7-8H,4-6,12H2,1H3,(H,14,16). The molecule has 0 aliphatic carbocycles. The number of aromatic nitrogens is 2. The van der Waals surface area contributed by atoms with E-state index in [-0.39, 0.29) is 23.2 Å². The summed E-state index contributed by atoms with van der Waals surface area (Å²) in [6.07, 6.45) is 0.922. The van der Waals surface area contributed by atoms with Crippen LogP contribution in [0.5, 0.6) is 0 Å². The molecule has 0 bridgehead atoms. The SMILES string of the molecule is CC1CC(CN)CN1C(=O)c1ccc(=O)[nH]n1. The van der Waals surface area contributed by atoms with Crippen molar-refractivity contribution in [1.82, 2.24) is 15.1 Å². The molecule has 2 atom stereocenters. The van der Waals surface area contributed by atoms with Gasteiger partial charge in [-0.3, -0.25) is 9.59 Å². The van der Waals surface area contributed by atoms with E-state index in [2.05, 4.69) is 10.2 Å². The highest BCUT2D eigenvalue weighted by molar-refractivity contribution is 5.92. The van der Waals surface area contributed by atoms with Crippen molar-refractivity contribution in [3.8, 4) is 0 Å². The van der Waals surface area contributed by atoms with Crippen LogP contribution in [0.1, 0.15) is 23.8 Å². The number of carbonyl (C=O) groups is 1. The lowest BCUT2D eigenvalue weighted by atomic mass is 10.1. The van der Waals surface area contributed by atoms with Crippen LogP contribution in [-0.4, -0.2) is 40.1 Å². The molecule has 0 radical (unpaired) electrons. The minimum absolute atomic E-state index is 0.148. The van der Waals surface area contributed by atoms with Crippen LogP contribution in [0, 0.1) is 5.92 Å². The summed E-state index contributed by atoms with van der Waals surface area (Å²) in [5.74, 6) is 0.210. The van der Waals surface area contributed by atoms with Gasteiger partial charge in [-0.2, -0.15) is 5.10 Å². The molecule has 6 nitrogen and oxygen atoms in total. The Kier molecular flexibility index (Phi) is 3.23. The van der Waals surface area contributed by atoms with Gasteiger partial charge in [0.1, 0.15) is 5.69 Å². The van der Waals surface area contributed by atoms with Crippen molar-refractivity contribution in [3.05, 3.63) is 28.2 Å². The average molecular weight is 236 g/mol. The summed E-state index contributed by atoms with van der Waals surface area (Å²) in [5.41, 5.74) is 5.58. The molecular formula is C11H16N4O2. The number of likely N-dealkylation sites (tertiary alicyclic amines) is 1. The molecule has 6 heteroatoms. The zero-order valence-corrected chi connectivity index (χ0v) is 9.72. The number of hydrogen-bond acceptors (Lipinski definition) is 4. The highest BCUT2D eigenvalue weighted by Gasteiger charge is 2.32. The number of amides is 1. The number of H-pyrrole nitrogens is 1. The Hall–Kier alpha value is -1.69. The molecule has 0 saturated carbocycles. The molecule has 1 aromatic heterocycles. The van der Waals surface area contributed by atoms with Crippen LogP contribution in [-0.2, 0) is 0 Å². The first-order valence-electron chi connectivity index (χ1n) is 5.68. The Morgan fingerprint density at radius 3 is 2.94 bits per heavy atom. The molecule has 2 heterocycles. The van der Waals surface area contributed by atoms with Crippen molar-refractivity contribution >= 4 is 5.91 Å². The third-order valence-corrected chi connectivity index (χ3v) is 3.15. The van der Waals surface area contributed by atoms with Gasteiger partial charge >= 0.3 is 0 Å². The Bertz CT molecular complexity index is 450. The topological polar surface area (TPSA) is 92.1 Å². The maximum absolute atomic E-state index is 12.1. The molecule has 0 aromatic carbocycles. The number of hydrogen-bond donors (Lipinski definition) is 2. The van der Waals surface area contributed by atoms with Gasteiger partial charge in [0, 0.05) is 18.7 Å². The summed E-state index contributed by atoms with van der Waals surface area (Å²) in [6.45, 7) is 3.25. The third-order valence-electron chi connectivity index (χ3n) is 3.15. The second kappa shape index (κ2) is 4.67. The Morgan fingerprint density at radius 2 is 2.41 bits per heavy atom. The number of aromatic amines is 1. The van der Waals surface area contributed by atoms with Crippen molar-refractivity contribution in [2.45, 2.75) is 19.4 Å². The van der Waals surface area contributed by atoms with Crippen LogP contribution in [0.4, 0.5) is 0 Å². The molecular weight excluding hydrogens is 220 g/mol. The molecule has 1 amide bonds. The summed E-state index contributed by atoms with van der Waals surface area (Å²) < 4.78 is 0. The molecule has 0 spiro atoms. The van der Waals surface area contributed by atoms with Gasteiger partial charge in [0.25, 0.3) is 11.5 Å². The maximum atomic E-state index is 12.1. The molecule has 1 aromatic rings. The fourth-order valence-electron chi connectivity index (χ4n) is 2.21. The molecule has 1 fully saturated rings. The predicted octanol–water partition coefficient (Wildman–Crippen LogP) is -0.421. The molecule has 1 saturated heterocycles. The van der Waals surface area contributed by atoms with E-state index in [4.69, 9.17) is 5.73 Å². The Labute approximate surface area is 98.8 Å². The van der Waals surface area contributed by atoms with Crippen molar-refractivity contribution < 1.29 is 4.79 Å². The first-order chi connectivity index (χ1) is 8.11. The third kappa shape index (κ3) is 2.36. The summed E-state index contributed by atoms with van der Waals surface area (Å²) in [4.78, 5) is 24.8. The van der Waals surface area contributed by atoms with Crippen LogP contribution < -0.4 is 11.3 Å². The van der Waals surface area contributed by atoms with Gasteiger partial charge in [-0.05, 0) is 31.9 Å². The lowest BCUT2D eigenvalue weighted by Crippen LogP contribution is -2.35. The van der Waals surface area contributed by atoms with E-state index in [1.807, 2.05) is 6.92 Å². The molecule has 17 heavy (non-hydrogen) atoms. The largest absolute Gasteiger partial charge is 0.334 e. The van der Waals surface area contributed by atoms with E-state index in [1.54, 1.807) is 4.90 Å². The molecule has 92 valence electrons. The average Bonchev–Trinajstić information content (AvgIpc) is 2.71. The zero-order valence-electron chi connectivity index (χ0n) is 9.72. The second-order valence-corrected chi connectivity index (χ2v) is 4.45. The maximum Gasteiger partial charge on any atom is 0.274 e. The number of rotatable bonds is 2. The van der Waals surface area contributed by atoms with Gasteiger partial charge in [-0.25, -0.2) is 5.10 Å². The van der Waals surface area contributed by atoms with Gasteiger partial charge in [0.2, 0.25) is 0 Å². The molecule has 2 unspecified atom stereocenters. The highest BCUT2D eigenvalue weighted by Crippen LogP contribution is 2.23. The van der Waals surface area contributed by atoms with Crippen molar-refractivity contribution in [2.75, 3.05) is 13.1 Å². The van der Waals surface area contributed by atoms with Crippen LogP contribution in [0.2, 0.25) is 0 Å². The smallest absolute Gasteiger partial charge is 0.274 e. The fraction of sp³-hybridized carbons (Fsp3) is 0.545. The van der Waals surface area contributed by atoms with E-state index in [9.17, 15) is 9.59 Å². The van der Waals surface area contributed by atoms with E-state index in [0.717, 1.165) is 6.42 Å². The van der Waals surface area contributed by atoms with Crippen molar-refractivity contribution in [2.24, 2.45) is 11.7 Å². The summed E-state index contributed by atoms with van der Waals surface area (Å²) in [6, 6.07) is 2.93. The Balaban J connectivity index is 2.15. The normalized spacial score (nSPS) is 24.0. The van der Waals surface area contributed by atoms with Crippen LogP contribution in [0.25, 0.3) is 0 Å². The van der Waals surface area contributed by atoms with E-state index >= 15 is 0 Å². The second-order valence-electron chi connectivity index (χ2n) is 4.45. The van der Waals surface area contributed by atoms with Crippen LogP contribution >= 0.6 is 0 Å². The number of nitrogens with two attached hydrogens (primary N) is 1. The zero-order chi connectivity index (χ0) is 12.4. The van der Waals surface area contributed by atoms with Crippen molar-refractivity contribution in [1.29, 1.82) is 0 Å². The minimum atomic E-state index is -0.309. The van der Waals surface area contributed by atoms with Crippen LogP contribution in [0.15, 0.2) is 16.9 Å². The number of nitrogens with zero attached hydrogens (tertiary/aromatic N) is 2. The quantitative estimate of drug-likeness (QED) is 0.729. The van der Waals surface area contributed by atoms with Gasteiger partial charge in [0.15, 0.2) is 0 Å². The highest BCUT2D eigenvalue weighted by atomic mass is 16.2. The first kappa shape index (κ1) is 11.8. The molecule has 1 aliphatic heterocycles. The number of carbonyl (C=O) groups excluding carboxylic acids is 1. The van der Waals surface area contributed by atoms with Gasteiger partial charge < -0.3 is 10.6 Å². The fourth-order valence-corrected chi connectivity index (χ4v) is 2.21. The van der Waals surface area contributed by atoms with Crippen LogP contribution in [0.3, 0.4) is 0 Å².